The standard InChI is InChI=1S/C13H11N3O3/c14-6-7-1-2-9(8(15)5-7)16-12(17)10-3-4-11(19-10)13(16)18/h1-2,5,10-11H,3-4,15H2. The molecule has 6 nitrogen and oxygen atoms in total. The third-order valence-electron chi connectivity index (χ3n) is 3.41. The van der Waals surface area contributed by atoms with E-state index in [0.717, 1.165) is 4.90 Å². The normalized spacial score (nSPS) is 25.5. The van der Waals surface area contributed by atoms with Gasteiger partial charge in [0.1, 0.15) is 12.2 Å². The van der Waals surface area contributed by atoms with Crippen molar-refractivity contribution in [2.45, 2.75) is 25.0 Å². The summed E-state index contributed by atoms with van der Waals surface area (Å²) in [5.41, 5.74) is 6.78. The number of ether oxygens (including phenoxy) is 1. The molecule has 2 amide bonds. The van der Waals surface area contributed by atoms with Crippen molar-refractivity contribution in [2.24, 2.45) is 0 Å². The number of hydrogen-bond acceptors (Lipinski definition) is 5. The van der Waals surface area contributed by atoms with Gasteiger partial charge in [-0.15, -0.1) is 0 Å². The summed E-state index contributed by atoms with van der Waals surface area (Å²) in [6.07, 6.45) is -0.000362. The zero-order chi connectivity index (χ0) is 13.6. The van der Waals surface area contributed by atoms with Gasteiger partial charge in [-0.3, -0.25) is 9.59 Å². The zero-order valence-electron chi connectivity index (χ0n) is 10.00. The van der Waals surface area contributed by atoms with E-state index in [2.05, 4.69) is 0 Å². The maximum atomic E-state index is 12.2. The number of fused-ring (bicyclic) bond motifs is 2. The van der Waals surface area contributed by atoms with Crippen molar-refractivity contribution >= 4 is 23.2 Å². The summed E-state index contributed by atoms with van der Waals surface area (Å²) in [6, 6.07) is 6.46. The second-order valence-electron chi connectivity index (χ2n) is 4.59. The van der Waals surface area contributed by atoms with Crippen molar-refractivity contribution in [1.29, 1.82) is 5.26 Å². The van der Waals surface area contributed by atoms with Crippen LogP contribution in [0.25, 0.3) is 0 Å². The van der Waals surface area contributed by atoms with Crippen molar-refractivity contribution in [1.82, 2.24) is 0 Å². The molecule has 0 saturated carbocycles. The highest BCUT2D eigenvalue weighted by Crippen LogP contribution is 2.34. The number of benzene rings is 1. The lowest BCUT2D eigenvalue weighted by Gasteiger charge is -2.30. The van der Waals surface area contributed by atoms with Gasteiger partial charge in [-0.05, 0) is 31.0 Å². The number of nitriles is 1. The van der Waals surface area contributed by atoms with Crippen LogP contribution in [0.15, 0.2) is 18.2 Å². The van der Waals surface area contributed by atoms with Crippen LogP contribution in [0, 0.1) is 11.3 Å². The van der Waals surface area contributed by atoms with Crippen LogP contribution in [-0.2, 0) is 14.3 Å². The van der Waals surface area contributed by atoms with Gasteiger partial charge in [0, 0.05) is 0 Å². The number of nitrogen functional groups attached to an aromatic ring is 1. The van der Waals surface area contributed by atoms with Gasteiger partial charge in [0.2, 0.25) is 0 Å². The second-order valence-corrected chi connectivity index (χ2v) is 4.59. The van der Waals surface area contributed by atoms with E-state index in [1.807, 2.05) is 6.07 Å². The highest BCUT2D eigenvalue weighted by molar-refractivity contribution is 6.21. The third kappa shape index (κ3) is 1.67. The van der Waals surface area contributed by atoms with Crippen LogP contribution in [-0.4, -0.2) is 24.0 Å². The summed E-state index contributed by atoms with van der Waals surface area (Å²) >= 11 is 0. The van der Waals surface area contributed by atoms with Gasteiger partial charge >= 0.3 is 0 Å². The Kier molecular flexibility index (Phi) is 2.50. The molecule has 2 atom stereocenters. The molecule has 2 saturated heterocycles. The fourth-order valence-corrected chi connectivity index (χ4v) is 2.46. The van der Waals surface area contributed by atoms with E-state index >= 15 is 0 Å². The Bertz CT molecular complexity index is 598. The Balaban J connectivity index is 2.04. The second kappa shape index (κ2) is 4.07. The number of amides is 2. The number of carbonyl (C=O) groups excluding carboxylic acids is 2. The predicted molar refractivity (Wildman–Crippen MR) is 66.0 cm³/mol. The number of rotatable bonds is 1. The molecule has 6 heteroatoms. The molecule has 2 aliphatic rings. The van der Waals surface area contributed by atoms with E-state index in [4.69, 9.17) is 15.7 Å². The molecular weight excluding hydrogens is 246 g/mol. The van der Waals surface area contributed by atoms with Crippen molar-refractivity contribution in [3.63, 3.8) is 0 Å². The molecule has 96 valence electrons. The van der Waals surface area contributed by atoms with E-state index in [0.29, 0.717) is 24.1 Å². The van der Waals surface area contributed by atoms with Gasteiger partial charge in [0.15, 0.2) is 0 Å². The molecule has 2 heterocycles. The summed E-state index contributed by atoms with van der Waals surface area (Å²) in [5, 5.41) is 8.79. The largest absolute Gasteiger partial charge is 0.397 e. The first kappa shape index (κ1) is 11.7. The molecule has 2 unspecified atom stereocenters. The first-order valence-electron chi connectivity index (χ1n) is 5.94. The highest BCUT2D eigenvalue weighted by atomic mass is 16.5. The van der Waals surface area contributed by atoms with Crippen molar-refractivity contribution < 1.29 is 14.3 Å². The Labute approximate surface area is 109 Å². The molecule has 3 rings (SSSR count). The number of nitrogens with zero attached hydrogens (tertiary/aromatic N) is 2. The molecule has 2 aliphatic heterocycles. The maximum absolute atomic E-state index is 12.2. The minimum absolute atomic E-state index is 0.238. The average Bonchev–Trinajstić information content (AvgIpc) is 2.85. The van der Waals surface area contributed by atoms with Gasteiger partial charge in [-0.1, -0.05) is 0 Å². The maximum Gasteiger partial charge on any atom is 0.263 e. The van der Waals surface area contributed by atoms with Gasteiger partial charge in [0.05, 0.1) is 23.0 Å². The van der Waals surface area contributed by atoms with E-state index in [-0.39, 0.29) is 17.5 Å². The number of carbonyl (C=O) groups is 2. The van der Waals surface area contributed by atoms with E-state index in [1.54, 1.807) is 0 Å². The van der Waals surface area contributed by atoms with Gasteiger partial charge < -0.3 is 10.5 Å². The van der Waals surface area contributed by atoms with Crippen LogP contribution >= 0.6 is 0 Å². The SMILES string of the molecule is N#Cc1ccc(N2C(=O)C3CCC(O3)C2=O)c(N)c1. The van der Waals surface area contributed by atoms with Gasteiger partial charge in [-0.25, -0.2) is 4.90 Å². The van der Waals surface area contributed by atoms with Crippen LogP contribution in [0.4, 0.5) is 11.4 Å². The summed E-state index contributed by atoms with van der Waals surface area (Å²) < 4.78 is 5.32. The summed E-state index contributed by atoms with van der Waals surface area (Å²) in [7, 11) is 0. The Hall–Kier alpha value is -2.39. The molecule has 1 aromatic carbocycles. The van der Waals surface area contributed by atoms with Gasteiger partial charge in [0.25, 0.3) is 11.8 Å². The van der Waals surface area contributed by atoms with Crippen LogP contribution < -0.4 is 10.6 Å². The van der Waals surface area contributed by atoms with Crippen LogP contribution in [0.5, 0.6) is 0 Å². The van der Waals surface area contributed by atoms with Gasteiger partial charge in [-0.2, -0.15) is 5.26 Å². The average molecular weight is 257 g/mol. The molecule has 0 aliphatic carbocycles. The fraction of sp³-hybridized carbons (Fsp3) is 0.308. The topological polar surface area (TPSA) is 96.4 Å². The minimum atomic E-state index is -0.558. The minimum Gasteiger partial charge on any atom is -0.397 e. The summed E-state index contributed by atoms with van der Waals surface area (Å²) in [5.74, 6) is -0.759. The van der Waals surface area contributed by atoms with Crippen molar-refractivity contribution in [3.8, 4) is 6.07 Å². The lowest BCUT2D eigenvalue weighted by molar-refractivity contribution is -0.146. The summed E-state index contributed by atoms with van der Waals surface area (Å²) in [6.45, 7) is 0. The molecule has 1 aromatic rings. The lowest BCUT2D eigenvalue weighted by Crippen LogP contribution is -2.52. The Morgan fingerprint density at radius 3 is 2.42 bits per heavy atom. The molecule has 0 aromatic heterocycles. The number of morpholine rings is 1. The van der Waals surface area contributed by atoms with Crippen LogP contribution in [0.1, 0.15) is 18.4 Å². The van der Waals surface area contributed by atoms with Crippen molar-refractivity contribution in [3.05, 3.63) is 23.8 Å². The Morgan fingerprint density at radius 1 is 1.26 bits per heavy atom. The molecule has 0 spiro atoms. The number of anilines is 2. The first-order chi connectivity index (χ1) is 9.11. The first-order valence-corrected chi connectivity index (χ1v) is 5.94. The zero-order valence-corrected chi connectivity index (χ0v) is 10.00. The van der Waals surface area contributed by atoms with Crippen LogP contribution in [0.2, 0.25) is 0 Å². The smallest absolute Gasteiger partial charge is 0.263 e. The number of imide groups is 1. The fourth-order valence-electron chi connectivity index (χ4n) is 2.46. The molecule has 0 radical (unpaired) electrons. The van der Waals surface area contributed by atoms with E-state index in [1.165, 1.54) is 18.2 Å². The summed E-state index contributed by atoms with van der Waals surface area (Å²) in [4.78, 5) is 25.4. The molecule has 2 N–H and O–H groups in total. The third-order valence-corrected chi connectivity index (χ3v) is 3.41. The quantitative estimate of drug-likeness (QED) is 0.585. The molecule has 19 heavy (non-hydrogen) atoms. The predicted octanol–water partition coefficient (Wildman–Crippen LogP) is 0.561. The lowest BCUT2D eigenvalue weighted by atomic mass is 10.1. The van der Waals surface area contributed by atoms with Crippen molar-refractivity contribution in [2.75, 3.05) is 10.6 Å². The van der Waals surface area contributed by atoms with E-state index < -0.39 is 12.2 Å². The molecule has 2 fully saturated rings. The number of hydrogen-bond donors (Lipinski definition) is 1. The van der Waals surface area contributed by atoms with Crippen LogP contribution in [0.3, 0.4) is 0 Å². The van der Waals surface area contributed by atoms with E-state index in [9.17, 15) is 9.59 Å². The number of nitrogens with two attached hydrogens (primary N) is 1. The molecule has 2 bridgehead atoms. The Morgan fingerprint density at radius 2 is 1.89 bits per heavy atom. The molecular formula is C13H11N3O3. The monoisotopic (exact) mass is 257 g/mol. The highest BCUT2D eigenvalue weighted by Gasteiger charge is 2.47.